The molecule has 0 heterocycles. The Bertz CT molecular complexity index is 733. The number of nitrogens with one attached hydrogen (secondary N) is 1. The Kier molecular flexibility index (Phi) is 4.95. The first-order valence-electron chi connectivity index (χ1n) is 6.05. The predicted molar refractivity (Wildman–Crippen MR) is 81.9 cm³/mol. The molecule has 0 spiro atoms. The van der Waals surface area contributed by atoms with E-state index >= 15 is 0 Å². The summed E-state index contributed by atoms with van der Waals surface area (Å²) in [6.07, 6.45) is -0.279. The van der Waals surface area contributed by atoms with Crippen LogP contribution in [-0.2, 0) is 11.2 Å². The van der Waals surface area contributed by atoms with E-state index in [1.54, 1.807) is 0 Å². The van der Waals surface area contributed by atoms with Gasteiger partial charge in [0.25, 0.3) is 5.69 Å². The van der Waals surface area contributed by atoms with Gasteiger partial charge in [0.05, 0.1) is 22.1 Å². The van der Waals surface area contributed by atoms with Gasteiger partial charge >= 0.3 is 0 Å². The van der Waals surface area contributed by atoms with Crippen molar-refractivity contribution >= 4 is 40.5 Å². The van der Waals surface area contributed by atoms with Crippen LogP contribution in [0.25, 0.3) is 0 Å². The van der Waals surface area contributed by atoms with Crippen LogP contribution in [0.1, 0.15) is 5.56 Å². The smallest absolute Gasteiger partial charge is 0.271 e. The average molecular weight is 343 g/mol. The van der Waals surface area contributed by atoms with Crippen molar-refractivity contribution in [3.8, 4) is 0 Å². The predicted octanol–water partition coefficient (Wildman–Crippen LogP) is 4.22. The highest BCUT2D eigenvalue weighted by Crippen LogP contribution is 2.27. The SMILES string of the molecule is O=C(Cc1c(F)cccc1Cl)Nc1ccc([N+](=O)[O-])cc1Cl. The second-order valence-electron chi connectivity index (χ2n) is 4.35. The summed E-state index contributed by atoms with van der Waals surface area (Å²) in [5.74, 6) is -1.12. The minimum atomic E-state index is -0.601. The summed E-state index contributed by atoms with van der Waals surface area (Å²) in [6, 6.07) is 7.75. The molecule has 0 aliphatic carbocycles. The highest BCUT2D eigenvalue weighted by molar-refractivity contribution is 6.34. The molecule has 2 aromatic carbocycles. The Labute approximate surface area is 134 Å². The minimum Gasteiger partial charge on any atom is -0.324 e. The van der Waals surface area contributed by atoms with Crippen LogP contribution in [0.3, 0.4) is 0 Å². The van der Waals surface area contributed by atoms with Gasteiger partial charge in [-0.3, -0.25) is 14.9 Å². The van der Waals surface area contributed by atoms with Crippen LogP contribution < -0.4 is 5.32 Å². The van der Waals surface area contributed by atoms with E-state index in [0.717, 1.165) is 6.07 Å². The van der Waals surface area contributed by atoms with Gasteiger partial charge < -0.3 is 5.32 Å². The highest BCUT2D eigenvalue weighted by Gasteiger charge is 2.15. The van der Waals surface area contributed by atoms with Crippen molar-refractivity contribution in [1.29, 1.82) is 0 Å². The zero-order chi connectivity index (χ0) is 16.3. The van der Waals surface area contributed by atoms with Gasteiger partial charge in [0.15, 0.2) is 0 Å². The van der Waals surface area contributed by atoms with E-state index < -0.39 is 16.6 Å². The number of benzene rings is 2. The first-order valence-corrected chi connectivity index (χ1v) is 6.80. The van der Waals surface area contributed by atoms with Crippen molar-refractivity contribution in [1.82, 2.24) is 0 Å². The number of rotatable bonds is 4. The molecule has 0 aromatic heterocycles. The van der Waals surface area contributed by atoms with Gasteiger partial charge in [-0.25, -0.2) is 4.39 Å². The molecule has 8 heteroatoms. The summed E-state index contributed by atoms with van der Waals surface area (Å²) >= 11 is 11.7. The molecule has 0 aliphatic rings. The topological polar surface area (TPSA) is 72.2 Å². The van der Waals surface area contributed by atoms with E-state index in [1.165, 1.54) is 30.3 Å². The third kappa shape index (κ3) is 3.72. The lowest BCUT2D eigenvalue weighted by atomic mass is 10.1. The van der Waals surface area contributed by atoms with Crippen LogP contribution in [0.2, 0.25) is 10.0 Å². The van der Waals surface area contributed by atoms with Gasteiger partial charge in [0, 0.05) is 22.7 Å². The van der Waals surface area contributed by atoms with E-state index in [1.807, 2.05) is 0 Å². The van der Waals surface area contributed by atoms with Crippen molar-refractivity contribution < 1.29 is 14.1 Å². The van der Waals surface area contributed by atoms with E-state index in [4.69, 9.17) is 23.2 Å². The molecular formula is C14H9Cl2FN2O3. The molecule has 5 nitrogen and oxygen atoms in total. The summed E-state index contributed by atoms with van der Waals surface area (Å²) in [6.45, 7) is 0. The van der Waals surface area contributed by atoms with E-state index in [0.29, 0.717) is 0 Å². The van der Waals surface area contributed by atoms with Gasteiger partial charge in [0.1, 0.15) is 5.82 Å². The number of nitrogens with zero attached hydrogens (tertiary/aromatic N) is 1. The first-order chi connectivity index (χ1) is 10.4. The highest BCUT2D eigenvalue weighted by atomic mass is 35.5. The quantitative estimate of drug-likeness (QED) is 0.667. The molecule has 114 valence electrons. The fourth-order valence-corrected chi connectivity index (χ4v) is 2.23. The van der Waals surface area contributed by atoms with Crippen LogP contribution in [0.4, 0.5) is 15.8 Å². The van der Waals surface area contributed by atoms with Crippen LogP contribution >= 0.6 is 23.2 Å². The molecule has 0 unspecified atom stereocenters. The number of amides is 1. The third-order valence-corrected chi connectivity index (χ3v) is 3.50. The second kappa shape index (κ2) is 6.72. The zero-order valence-electron chi connectivity index (χ0n) is 11.0. The number of carbonyl (C=O) groups is 1. The maximum atomic E-state index is 13.6. The van der Waals surface area contributed by atoms with Gasteiger partial charge in [-0.2, -0.15) is 0 Å². The van der Waals surface area contributed by atoms with Crippen LogP contribution in [0.5, 0.6) is 0 Å². The Morgan fingerprint density at radius 3 is 2.55 bits per heavy atom. The van der Waals surface area contributed by atoms with Crippen LogP contribution in [-0.4, -0.2) is 10.8 Å². The number of carbonyl (C=O) groups excluding carboxylic acids is 1. The number of halogens is 3. The standard InChI is InChI=1S/C14H9Cl2FN2O3/c15-10-2-1-3-12(17)9(10)7-14(20)18-13-5-4-8(19(21)22)6-11(13)16/h1-6H,7H2,(H,18,20). The van der Waals surface area contributed by atoms with Gasteiger partial charge in [0.2, 0.25) is 5.91 Å². The number of hydrogen-bond acceptors (Lipinski definition) is 3. The fourth-order valence-electron chi connectivity index (χ4n) is 1.78. The Hall–Kier alpha value is -2.18. The molecule has 0 bridgehead atoms. The van der Waals surface area contributed by atoms with Crippen molar-refractivity contribution in [3.05, 3.63) is 67.9 Å². The number of nitro benzene ring substituents is 1. The maximum absolute atomic E-state index is 13.6. The van der Waals surface area contributed by atoms with E-state index in [9.17, 15) is 19.3 Å². The van der Waals surface area contributed by atoms with Crippen LogP contribution in [0, 0.1) is 15.9 Å². The van der Waals surface area contributed by atoms with Crippen molar-refractivity contribution in [2.45, 2.75) is 6.42 Å². The molecule has 1 amide bonds. The molecule has 0 radical (unpaired) electrons. The molecule has 0 saturated carbocycles. The van der Waals surface area contributed by atoms with Crippen molar-refractivity contribution in [3.63, 3.8) is 0 Å². The Morgan fingerprint density at radius 1 is 1.23 bits per heavy atom. The van der Waals surface area contributed by atoms with Gasteiger partial charge in [-0.1, -0.05) is 29.3 Å². The number of hydrogen-bond donors (Lipinski definition) is 1. The van der Waals surface area contributed by atoms with E-state index in [-0.39, 0.29) is 33.4 Å². The lowest BCUT2D eigenvalue weighted by Gasteiger charge is -2.08. The minimum absolute atomic E-state index is 0.0159. The molecule has 22 heavy (non-hydrogen) atoms. The van der Waals surface area contributed by atoms with Crippen molar-refractivity contribution in [2.24, 2.45) is 0 Å². The summed E-state index contributed by atoms with van der Waals surface area (Å²) in [5.41, 5.74) is 0.0737. The number of nitro groups is 1. The van der Waals surface area contributed by atoms with Crippen molar-refractivity contribution in [2.75, 3.05) is 5.32 Å². The average Bonchev–Trinajstić information content (AvgIpc) is 2.45. The lowest BCUT2D eigenvalue weighted by Crippen LogP contribution is -2.15. The Balaban J connectivity index is 2.14. The monoisotopic (exact) mass is 342 g/mol. The molecular weight excluding hydrogens is 334 g/mol. The summed E-state index contributed by atoms with van der Waals surface area (Å²) in [4.78, 5) is 21.9. The number of non-ortho nitro benzene ring substituents is 1. The molecule has 2 rings (SSSR count). The normalized spacial score (nSPS) is 10.3. The lowest BCUT2D eigenvalue weighted by molar-refractivity contribution is -0.384. The molecule has 0 saturated heterocycles. The largest absolute Gasteiger partial charge is 0.324 e. The summed E-state index contributed by atoms with van der Waals surface area (Å²) < 4.78 is 13.6. The third-order valence-electron chi connectivity index (χ3n) is 2.84. The molecule has 2 aromatic rings. The summed E-state index contributed by atoms with van der Waals surface area (Å²) in [5, 5.41) is 13.2. The molecule has 0 aliphatic heterocycles. The molecule has 0 fully saturated rings. The van der Waals surface area contributed by atoms with Crippen LogP contribution in [0.15, 0.2) is 36.4 Å². The van der Waals surface area contributed by atoms with Gasteiger partial charge in [-0.05, 0) is 18.2 Å². The first kappa shape index (κ1) is 16.2. The Morgan fingerprint density at radius 2 is 1.95 bits per heavy atom. The molecule has 0 atom stereocenters. The number of anilines is 1. The molecule has 1 N–H and O–H groups in total. The summed E-state index contributed by atoms with van der Waals surface area (Å²) in [7, 11) is 0. The second-order valence-corrected chi connectivity index (χ2v) is 5.16. The maximum Gasteiger partial charge on any atom is 0.271 e. The van der Waals surface area contributed by atoms with E-state index in [2.05, 4.69) is 5.32 Å². The van der Waals surface area contributed by atoms with Gasteiger partial charge in [-0.15, -0.1) is 0 Å². The fraction of sp³-hybridized carbons (Fsp3) is 0.0714. The zero-order valence-corrected chi connectivity index (χ0v) is 12.5.